The van der Waals surface area contributed by atoms with E-state index in [2.05, 4.69) is 228 Å². The van der Waals surface area contributed by atoms with Crippen molar-refractivity contribution in [1.82, 2.24) is 9.13 Å². The Balaban J connectivity index is 1.04. The molecule has 0 aliphatic heterocycles. The van der Waals surface area contributed by atoms with Gasteiger partial charge in [-0.2, -0.15) is 0 Å². The largest absolute Gasteiger partial charge is 0.309 e. The lowest BCUT2D eigenvalue weighted by atomic mass is 9.98. The Morgan fingerprint density at radius 3 is 1.34 bits per heavy atom. The van der Waals surface area contributed by atoms with Crippen LogP contribution in [0.1, 0.15) is 0 Å². The summed E-state index contributed by atoms with van der Waals surface area (Å²) in [5.74, 6) is 0. The Morgan fingerprint density at radius 2 is 0.679 bits per heavy atom. The van der Waals surface area contributed by atoms with Gasteiger partial charge in [-0.1, -0.05) is 164 Å². The molecular formula is C54H36N2. The first-order chi connectivity index (χ1) is 27.8. The van der Waals surface area contributed by atoms with Crippen LogP contribution in [-0.2, 0) is 0 Å². The number of benzene rings is 9. The Morgan fingerprint density at radius 1 is 0.232 bits per heavy atom. The van der Waals surface area contributed by atoms with Crippen LogP contribution >= 0.6 is 0 Å². The molecule has 0 spiro atoms. The molecule has 2 nitrogen and oxygen atoms in total. The van der Waals surface area contributed by atoms with Crippen LogP contribution in [0.4, 0.5) is 0 Å². The number of para-hydroxylation sites is 3. The van der Waals surface area contributed by atoms with E-state index in [1.54, 1.807) is 0 Å². The van der Waals surface area contributed by atoms with E-state index in [0.717, 1.165) is 5.69 Å². The standard InChI is InChI=1S/C54H36N2/c1-4-14-37(15-5-1)41-29-32-52-48(34-41)49-35-42(38-16-6-2-7-17-38)30-33-53(49)56(52)50-22-12-10-20-45(50)40-26-24-39(25-27-40)43-28-31-47-46-21-11-13-23-51(46)55(54(47)36-43)44-18-8-3-9-19-44/h1-36H. The van der Waals surface area contributed by atoms with Gasteiger partial charge in [-0.3, -0.25) is 0 Å². The maximum atomic E-state index is 2.45. The second-order valence-corrected chi connectivity index (χ2v) is 14.5. The molecule has 0 N–H and O–H groups in total. The lowest BCUT2D eigenvalue weighted by Crippen LogP contribution is -1.97. The maximum Gasteiger partial charge on any atom is 0.0547 e. The van der Waals surface area contributed by atoms with E-state index < -0.39 is 0 Å². The average Bonchev–Trinajstić information content (AvgIpc) is 3.79. The average molecular weight is 713 g/mol. The van der Waals surface area contributed by atoms with Gasteiger partial charge in [0.15, 0.2) is 0 Å². The normalized spacial score (nSPS) is 11.6. The molecule has 0 bridgehead atoms. The van der Waals surface area contributed by atoms with Gasteiger partial charge in [-0.25, -0.2) is 0 Å². The minimum atomic E-state index is 1.16. The summed E-state index contributed by atoms with van der Waals surface area (Å²) in [6.45, 7) is 0. The van der Waals surface area contributed by atoms with Crippen LogP contribution in [0.15, 0.2) is 218 Å². The van der Waals surface area contributed by atoms with Gasteiger partial charge in [0.2, 0.25) is 0 Å². The monoisotopic (exact) mass is 712 g/mol. The van der Waals surface area contributed by atoms with Gasteiger partial charge in [-0.05, 0) is 93.5 Å². The number of fused-ring (bicyclic) bond motifs is 6. The van der Waals surface area contributed by atoms with Crippen molar-refractivity contribution in [1.29, 1.82) is 0 Å². The summed E-state index contributed by atoms with van der Waals surface area (Å²) < 4.78 is 4.84. The van der Waals surface area contributed by atoms with Gasteiger partial charge in [0.05, 0.1) is 27.8 Å². The molecule has 0 amide bonds. The number of hydrogen-bond donors (Lipinski definition) is 0. The number of hydrogen-bond acceptors (Lipinski definition) is 0. The van der Waals surface area contributed by atoms with Gasteiger partial charge in [-0.15, -0.1) is 0 Å². The van der Waals surface area contributed by atoms with Crippen LogP contribution in [0.2, 0.25) is 0 Å². The third-order valence-corrected chi connectivity index (χ3v) is 11.3. The maximum absolute atomic E-state index is 2.45. The highest BCUT2D eigenvalue weighted by atomic mass is 15.0. The first-order valence-corrected chi connectivity index (χ1v) is 19.3. The second kappa shape index (κ2) is 13.2. The topological polar surface area (TPSA) is 9.86 Å². The number of nitrogens with zero attached hydrogens (tertiary/aromatic N) is 2. The highest BCUT2D eigenvalue weighted by Gasteiger charge is 2.18. The van der Waals surface area contributed by atoms with E-state index in [1.165, 1.54) is 93.8 Å². The van der Waals surface area contributed by atoms with Crippen LogP contribution in [0.25, 0.3) is 99.5 Å². The SMILES string of the molecule is c1ccc(-c2ccc3c(c2)c2cc(-c4ccccc4)ccc2n3-c2ccccc2-c2ccc(-c3ccc4c5ccccc5n(-c5ccccc5)c4c3)cc2)cc1. The molecule has 56 heavy (non-hydrogen) atoms. The predicted octanol–water partition coefficient (Wildman–Crippen LogP) is 14.5. The molecule has 2 heterocycles. The first-order valence-electron chi connectivity index (χ1n) is 19.3. The van der Waals surface area contributed by atoms with Gasteiger partial charge in [0, 0.05) is 32.8 Å². The van der Waals surface area contributed by atoms with Crippen LogP contribution in [0.5, 0.6) is 0 Å². The molecule has 0 aliphatic carbocycles. The summed E-state index contributed by atoms with van der Waals surface area (Å²) in [6.07, 6.45) is 0. The second-order valence-electron chi connectivity index (χ2n) is 14.5. The molecule has 0 saturated carbocycles. The highest BCUT2D eigenvalue weighted by Crippen LogP contribution is 2.40. The molecule has 11 rings (SSSR count). The summed E-state index contributed by atoms with van der Waals surface area (Å²) in [6, 6.07) is 79.4. The van der Waals surface area contributed by atoms with Crippen molar-refractivity contribution in [3.8, 4) is 55.9 Å². The quantitative estimate of drug-likeness (QED) is 0.162. The summed E-state index contributed by atoms with van der Waals surface area (Å²) >= 11 is 0. The third-order valence-electron chi connectivity index (χ3n) is 11.3. The Labute approximate surface area is 325 Å². The van der Waals surface area contributed by atoms with Crippen molar-refractivity contribution in [2.75, 3.05) is 0 Å². The molecular weight excluding hydrogens is 677 g/mol. The van der Waals surface area contributed by atoms with Crippen molar-refractivity contribution < 1.29 is 0 Å². The fraction of sp³-hybridized carbons (Fsp3) is 0. The third kappa shape index (κ3) is 5.26. The minimum absolute atomic E-state index is 1.16. The van der Waals surface area contributed by atoms with Crippen molar-refractivity contribution in [2.24, 2.45) is 0 Å². The molecule has 0 unspecified atom stereocenters. The molecule has 0 atom stereocenters. The van der Waals surface area contributed by atoms with E-state index in [1.807, 2.05) is 0 Å². The zero-order valence-electron chi connectivity index (χ0n) is 30.7. The van der Waals surface area contributed by atoms with Crippen LogP contribution in [0, 0.1) is 0 Å². The smallest absolute Gasteiger partial charge is 0.0547 e. The first kappa shape index (κ1) is 32.0. The summed E-state index contributed by atoms with van der Waals surface area (Å²) in [5, 5.41) is 5.01. The molecule has 9 aromatic carbocycles. The van der Waals surface area contributed by atoms with E-state index in [-0.39, 0.29) is 0 Å². The molecule has 11 aromatic rings. The Hall–Kier alpha value is -7.42. The number of aromatic nitrogens is 2. The predicted molar refractivity (Wildman–Crippen MR) is 237 cm³/mol. The van der Waals surface area contributed by atoms with Crippen molar-refractivity contribution in [3.05, 3.63) is 218 Å². The lowest BCUT2D eigenvalue weighted by molar-refractivity contribution is 1.18. The molecule has 0 fully saturated rings. The summed E-state index contributed by atoms with van der Waals surface area (Å²) in [5.41, 5.74) is 16.8. The van der Waals surface area contributed by atoms with Crippen molar-refractivity contribution in [2.45, 2.75) is 0 Å². The summed E-state index contributed by atoms with van der Waals surface area (Å²) in [4.78, 5) is 0. The zero-order valence-corrected chi connectivity index (χ0v) is 30.7. The molecule has 2 aromatic heterocycles. The zero-order chi connectivity index (χ0) is 37.0. The fourth-order valence-corrected chi connectivity index (χ4v) is 8.66. The van der Waals surface area contributed by atoms with E-state index >= 15 is 0 Å². The van der Waals surface area contributed by atoms with Crippen molar-refractivity contribution >= 4 is 43.6 Å². The van der Waals surface area contributed by atoms with E-state index in [0.29, 0.717) is 0 Å². The van der Waals surface area contributed by atoms with Gasteiger partial charge < -0.3 is 9.13 Å². The van der Waals surface area contributed by atoms with E-state index in [9.17, 15) is 0 Å². The van der Waals surface area contributed by atoms with Crippen LogP contribution in [0.3, 0.4) is 0 Å². The molecule has 2 heteroatoms. The van der Waals surface area contributed by atoms with E-state index in [4.69, 9.17) is 0 Å². The molecule has 0 aliphatic rings. The van der Waals surface area contributed by atoms with Gasteiger partial charge in [0.25, 0.3) is 0 Å². The van der Waals surface area contributed by atoms with Crippen molar-refractivity contribution in [3.63, 3.8) is 0 Å². The van der Waals surface area contributed by atoms with Crippen LogP contribution < -0.4 is 0 Å². The molecule has 0 saturated heterocycles. The Kier molecular flexibility index (Phi) is 7.53. The Bertz CT molecular complexity index is 3110. The minimum Gasteiger partial charge on any atom is -0.309 e. The number of rotatable bonds is 6. The lowest BCUT2D eigenvalue weighted by Gasteiger charge is -2.15. The van der Waals surface area contributed by atoms with Gasteiger partial charge >= 0.3 is 0 Å². The van der Waals surface area contributed by atoms with Crippen LogP contribution in [-0.4, -0.2) is 9.13 Å². The fourth-order valence-electron chi connectivity index (χ4n) is 8.66. The summed E-state index contributed by atoms with van der Waals surface area (Å²) in [7, 11) is 0. The van der Waals surface area contributed by atoms with Gasteiger partial charge in [0.1, 0.15) is 0 Å². The highest BCUT2D eigenvalue weighted by molar-refractivity contribution is 6.12. The molecule has 262 valence electrons. The molecule has 0 radical (unpaired) electrons.